The van der Waals surface area contributed by atoms with Gasteiger partial charge in [0, 0.05) is 13.1 Å². The van der Waals surface area contributed by atoms with Gasteiger partial charge in [0.1, 0.15) is 0 Å². The molecule has 0 aliphatic carbocycles. The molecule has 4 nitrogen and oxygen atoms in total. The Kier molecular flexibility index (Phi) is 7.08. The predicted molar refractivity (Wildman–Crippen MR) is 97.5 cm³/mol. The lowest BCUT2D eigenvalue weighted by Crippen LogP contribution is -2.40. The molecule has 0 radical (unpaired) electrons. The van der Waals surface area contributed by atoms with Gasteiger partial charge in [0.2, 0.25) is 10.0 Å². The molecule has 132 valence electrons. The summed E-state index contributed by atoms with van der Waals surface area (Å²) in [4.78, 5) is 0.397. The summed E-state index contributed by atoms with van der Waals surface area (Å²) < 4.78 is 27.2. The highest BCUT2D eigenvalue weighted by Gasteiger charge is 2.30. The fourth-order valence-electron chi connectivity index (χ4n) is 2.99. The zero-order chi connectivity index (χ0) is 16.4. The minimum Gasteiger partial charge on any atom is -0.330 e. The van der Waals surface area contributed by atoms with Gasteiger partial charge in [0.15, 0.2) is 0 Å². The summed E-state index contributed by atoms with van der Waals surface area (Å²) in [5, 5.41) is 0. The quantitative estimate of drug-likeness (QED) is 0.897. The second kappa shape index (κ2) is 7.97. The highest BCUT2D eigenvalue weighted by Crippen LogP contribution is 2.27. The smallest absolute Gasteiger partial charge is 0.243 e. The zero-order valence-electron chi connectivity index (χ0n) is 14.3. The van der Waals surface area contributed by atoms with Crippen molar-refractivity contribution in [1.29, 1.82) is 0 Å². The summed E-state index contributed by atoms with van der Waals surface area (Å²) in [6, 6.07) is 7.33. The van der Waals surface area contributed by atoms with E-state index in [1.165, 1.54) is 0 Å². The van der Waals surface area contributed by atoms with Crippen molar-refractivity contribution in [3.63, 3.8) is 0 Å². The monoisotopic (exact) mass is 360 g/mol. The predicted octanol–water partition coefficient (Wildman–Crippen LogP) is 3.16. The van der Waals surface area contributed by atoms with Crippen LogP contribution < -0.4 is 5.73 Å². The standard InChI is InChI=1S/C17H28N2O2S.ClH/c1-17(2,3)15-6-8-16(9-7-15)22(20,21)19-12-4-5-14(13-19)10-11-18;/h6-9,14H,4-5,10-13,18H2,1-3H3;1H. The van der Waals surface area contributed by atoms with Gasteiger partial charge < -0.3 is 5.73 Å². The van der Waals surface area contributed by atoms with Crippen LogP contribution in [0, 0.1) is 5.92 Å². The summed E-state index contributed by atoms with van der Waals surface area (Å²) in [7, 11) is -3.38. The first-order valence-electron chi connectivity index (χ1n) is 8.06. The average molecular weight is 361 g/mol. The van der Waals surface area contributed by atoms with E-state index in [1.807, 2.05) is 12.1 Å². The van der Waals surface area contributed by atoms with Gasteiger partial charge in [-0.25, -0.2) is 8.42 Å². The van der Waals surface area contributed by atoms with Crippen LogP contribution in [0.1, 0.15) is 45.6 Å². The molecule has 1 aromatic rings. The van der Waals surface area contributed by atoms with Crippen LogP contribution in [0.25, 0.3) is 0 Å². The van der Waals surface area contributed by atoms with Crippen molar-refractivity contribution in [3.05, 3.63) is 29.8 Å². The Labute approximate surface area is 146 Å². The van der Waals surface area contributed by atoms with E-state index < -0.39 is 10.0 Å². The van der Waals surface area contributed by atoms with Gasteiger partial charge in [-0.2, -0.15) is 4.31 Å². The number of halogens is 1. The molecule has 1 aliphatic heterocycles. The van der Waals surface area contributed by atoms with Crippen LogP contribution in [0.2, 0.25) is 0 Å². The first-order chi connectivity index (χ1) is 10.2. The summed E-state index contributed by atoms with van der Waals surface area (Å²) in [6.45, 7) is 8.21. The molecule has 1 aromatic carbocycles. The molecule has 1 aliphatic rings. The average Bonchev–Trinajstić information content (AvgIpc) is 2.47. The Hall–Kier alpha value is -0.620. The van der Waals surface area contributed by atoms with E-state index in [0.717, 1.165) is 24.8 Å². The van der Waals surface area contributed by atoms with Crippen LogP contribution in [0.15, 0.2) is 29.2 Å². The van der Waals surface area contributed by atoms with Crippen molar-refractivity contribution >= 4 is 22.4 Å². The summed E-state index contributed by atoms with van der Waals surface area (Å²) >= 11 is 0. The molecule has 6 heteroatoms. The minimum atomic E-state index is -3.38. The van der Waals surface area contributed by atoms with Crippen LogP contribution in [0.3, 0.4) is 0 Å². The van der Waals surface area contributed by atoms with Crippen LogP contribution in [0.5, 0.6) is 0 Å². The number of piperidine rings is 1. The first-order valence-corrected chi connectivity index (χ1v) is 9.50. The lowest BCUT2D eigenvalue weighted by atomic mass is 9.87. The van der Waals surface area contributed by atoms with Crippen LogP contribution in [-0.4, -0.2) is 32.4 Å². The number of hydrogen-bond acceptors (Lipinski definition) is 3. The highest BCUT2D eigenvalue weighted by atomic mass is 35.5. The Morgan fingerprint density at radius 3 is 2.35 bits per heavy atom. The van der Waals surface area contributed by atoms with Gasteiger partial charge >= 0.3 is 0 Å². The largest absolute Gasteiger partial charge is 0.330 e. The van der Waals surface area contributed by atoms with Gasteiger partial charge in [-0.3, -0.25) is 0 Å². The third kappa shape index (κ3) is 4.92. The van der Waals surface area contributed by atoms with E-state index in [9.17, 15) is 8.42 Å². The van der Waals surface area contributed by atoms with Gasteiger partial charge in [-0.15, -0.1) is 12.4 Å². The number of rotatable bonds is 4. The maximum absolute atomic E-state index is 12.8. The van der Waals surface area contributed by atoms with E-state index in [0.29, 0.717) is 30.4 Å². The molecule has 2 rings (SSSR count). The van der Waals surface area contributed by atoms with Gasteiger partial charge in [-0.1, -0.05) is 32.9 Å². The molecule has 1 heterocycles. The van der Waals surface area contributed by atoms with E-state index in [2.05, 4.69) is 20.8 Å². The lowest BCUT2D eigenvalue weighted by Gasteiger charge is -2.32. The van der Waals surface area contributed by atoms with E-state index >= 15 is 0 Å². The molecule has 0 amide bonds. The normalized spacial score (nSPS) is 20.1. The molecule has 0 aromatic heterocycles. The molecule has 0 spiro atoms. The third-order valence-electron chi connectivity index (χ3n) is 4.41. The molecule has 1 saturated heterocycles. The van der Waals surface area contributed by atoms with Crippen molar-refractivity contribution in [1.82, 2.24) is 4.31 Å². The molecule has 0 bridgehead atoms. The molecule has 23 heavy (non-hydrogen) atoms. The van der Waals surface area contributed by atoms with Crippen LogP contribution in [-0.2, 0) is 15.4 Å². The molecular formula is C17H29ClN2O2S. The highest BCUT2D eigenvalue weighted by molar-refractivity contribution is 7.89. The van der Waals surface area contributed by atoms with Crippen molar-refractivity contribution in [3.8, 4) is 0 Å². The molecule has 1 atom stereocenters. The molecular weight excluding hydrogens is 332 g/mol. The van der Waals surface area contributed by atoms with Gasteiger partial charge in [-0.05, 0) is 54.8 Å². The first kappa shape index (κ1) is 20.4. The SMILES string of the molecule is CC(C)(C)c1ccc(S(=O)(=O)N2CCCC(CCN)C2)cc1.Cl. The molecule has 1 unspecified atom stereocenters. The maximum Gasteiger partial charge on any atom is 0.243 e. The summed E-state index contributed by atoms with van der Waals surface area (Å²) in [5.41, 5.74) is 6.79. The van der Waals surface area contributed by atoms with Crippen molar-refractivity contribution in [2.24, 2.45) is 11.7 Å². The fraction of sp³-hybridized carbons (Fsp3) is 0.647. The minimum absolute atomic E-state index is 0. The number of nitrogens with two attached hydrogens (primary N) is 1. The maximum atomic E-state index is 12.8. The Balaban J connectivity index is 0.00000264. The molecule has 0 saturated carbocycles. The number of benzene rings is 1. The molecule has 1 fully saturated rings. The summed E-state index contributed by atoms with van der Waals surface area (Å²) in [6.07, 6.45) is 2.89. The van der Waals surface area contributed by atoms with Crippen molar-refractivity contribution in [2.75, 3.05) is 19.6 Å². The lowest BCUT2D eigenvalue weighted by molar-refractivity contribution is 0.258. The summed E-state index contributed by atoms with van der Waals surface area (Å²) in [5.74, 6) is 0.391. The van der Waals surface area contributed by atoms with Crippen molar-refractivity contribution < 1.29 is 8.42 Å². The van der Waals surface area contributed by atoms with Crippen LogP contribution >= 0.6 is 12.4 Å². The third-order valence-corrected chi connectivity index (χ3v) is 6.29. The number of nitrogens with zero attached hydrogens (tertiary/aromatic N) is 1. The number of hydrogen-bond donors (Lipinski definition) is 1. The van der Waals surface area contributed by atoms with Gasteiger partial charge in [0.25, 0.3) is 0 Å². The second-order valence-electron chi connectivity index (χ2n) is 7.22. The number of sulfonamides is 1. The molecule has 2 N–H and O–H groups in total. The Bertz CT molecular complexity index is 592. The van der Waals surface area contributed by atoms with Gasteiger partial charge in [0.05, 0.1) is 4.90 Å². The van der Waals surface area contributed by atoms with Crippen molar-refractivity contribution in [2.45, 2.75) is 50.3 Å². The van der Waals surface area contributed by atoms with E-state index in [-0.39, 0.29) is 17.8 Å². The Morgan fingerprint density at radius 2 is 1.83 bits per heavy atom. The zero-order valence-corrected chi connectivity index (χ0v) is 15.9. The van der Waals surface area contributed by atoms with E-state index in [1.54, 1.807) is 16.4 Å². The fourth-order valence-corrected chi connectivity index (χ4v) is 4.55. The topological polar surface area (TPSA) is 63.4 Å². The van der Waals surface area contributed by atoms with Crippen LogP contribution in [0.4, 0.5) is 0 Å². The Morgan fingerprint density at radius 1 is 1.22 bits per heavy atom. The van der Waals surface area contributed by atoms with E-state index in [4.69, 9.17) is 5.73 Å². The second-order valence-corrected chi connectivity index (χ2v) is 9.16.